The lowest BCUT2D eigenvalue weighted by Gasteiger charge is -2.15. The van der Waals surface area contributed by atoms with E-state index in [1.165, 1.54) is 42.5 Å². The Morgan fingerprint density at radius 3 is 2.11 bits per heavy atom. The van der Waals surface area contributed by atoms with Gasteiger partial charge in [0, 0.05) is 5.69 Å². The average Bonchev–Trinajstić information content (AvgIpc) is 2.93. The zero-order valence-corrected chi connectivity index (χ0v) is 14.5. The number of benzene rings is 3. The van der Waals surface area contributed by atoms with Crippen LogP contribution in [0.5, 0.6) is 0 Å². The summed E-state index contributed by atoms with van der Waals surface area (Å²) in [7, 11) is 0. The third-order valence-electron chi connectivity index (χ3n) is 4.33. The molecule has 4 rings (SSSR count). The molecule has 0 saturated heterocycles. The van der Waals surface area contributed by atoms with E-state index in [9.17, 15) is 18.4 Å². The second-order valence-corrected chi connectivity index (χ2v) is 6.17. The van der Waals surface area contributed by atoms with Crippen molar-refractivity contribution in [3.05, 3.63) is 102 Å². The molecule has 1 aliphatic heterocycles. The summed E-state index contributed by atoms with van der Waals surface area (Å²) in [5, 5.41) is 2.88. The predicted molar refractivity (Wildman–Crippen MR) is 102 cm³/mol. The Balaban J connectivity index is 1.81. The average molecular weight is 376 g/mol. The lowest BCUT2D eigenvalue weighted by molar-refractivity contribution is -0.120. The van der Waals surface area contributed by atoms with Crippen LogP contribution in [0.1, 0.15) is 5.56 Å². The van der Waals surface area contributed by atoms with Crippen molar-refractivity contribution in [1.82, 2.24) is 0 Å². The Labute approximate surface area is 159 Å². The minimum absolute atomic E-state index is 0.0334. The van der Waals surface area contributed by atoms with Crippen LogP contribution in [0.3, 0.4) is 0 Å². The number of halogens is 2. The Morgan fingerprint density at radius 2 is 1.43 bits per heavy atom. The first-order valence-corrected chi connectivity index (χ1v) is 8.51. The number of carbonyl (C=O) groups is 2. The van der Waals surface area contributed by atoms with Crippen molar-refractivity contribution in [3.8, 4) is 0 Å². The maximum atomic E-state index is 13.6. The van der Waals surface area contributed by atoms with Crippen LogP contribution in [0, 0.1) is 11.6 Å². The molecule has 2 amide bonds. The van der Waals surface area contributed by atoms with E-state index >= 15 is 0 Å². The molecule has 138 valence electrons. The third kappa shape index (κ3) is 3.16. The fourth-order valence-corrected chi connectivity index (χ4v) is 3.05. The van der Waals surface area contributed by atoms with Crippen molar-refractivity contribution in [2.24, 2.45) is 0 Å². The van der Waals surface area contributed by atoms with Crippen molar-refractivity contribution in [2.45, 2.75) is 0 Å². The fourth-order valence-electron chi connectivity index (χ4n) is 3.05. The number of nitrogens with one attached hydrogen (secondary N) is 1. The van der Waals surface area contributed by atoms with Crippen LogP contribution in [-0.4, -0.2) is 11.8 Å². The van der Waals surface area contributed by atoms with Gasteiger partial charge < -0.3 is 5.32 Å². The van der Waals surface area contributed by atoms with E-state index in [0.717, 1.165) is 4.90 Å². The van der Waals surface area contributed by atoms with E-state index < -0.39 is 23.4 Å². The van der Waals surface area contributed by atoms with Crippen molar-refractivity contribution in [1.29, 1.82) is 0 Å². The van der Waals surface area contributed by atoms with E-state index in [1.54, 1.807) is 36.4 Å². The first-order chi connectivity index (χ1) is 13.5. The van der Waals surface area contributed by atoms with Gasteiger partial charge in [0.05, 0.1) is 11.3 Å². The van der Waals surface area contributed by atoms with Crippen LogP contribution >= 0.6 is 0 Å². The Bertz CT molecular complexity index is 1090. The summed E-state index contributed by atoms with van der Waals surface area (Å²) in [6.07, 6.45) is 0. The fraction of sp³-hybridized carbons (Fsp3) is 0. The van der Waals surface area contributed by atoms with Crippen LogP contribution < -0.4 is 10.2 Å². The molecule has 1 aliphatic rings. The maximum absolute atomic E-state index is 13.6. The van der Waals surface area contributed by atoms with Gasteiger partial charge in [0.2, 0.25) is 0 Å². The number of hydrogen-bond acceptors (Lipinski definition) is 3. The molecule has 0 aliphatic carbocycles. The molecule has 28 heavy (non-hydrogen) atoms. The number of nitrogens with zero attached hydrogens (tertiary/aromatic N) is 1. The van der Waals surface area contributed by atoms with Crippen molar-refractivity contribution >= 4 is 28.8 Å². The van der Waals surface area contributed by atoms with Gasteiger partial charge in [0.25, 0.3) is 11.8 Å². The van der Waals surface area contributed by atoms with E-state index in [0.29, 0.717) is 11.3 Å². The summed E-state index contributed by atoms with van der Waals surface area (Å²) in [6, 6.07) is 19.4. The van der Waals surface area contributed by atoms with Gasteiger partial charge >= 0.3 is 0 Å². The Hall–Kier alpha value is -3.80. The number of rotatable bonds is 4. The summed E-state index contributed by atoms with van der Waals surface area (Å²) < 4.78 is 26.8. The minimum Gasteiger partial charge on any atom is -0.350 e. The Morgan fingerprint density at radius 1 is 0.714 bits per heavy atom. The monoisotopic (exact) mass is 376 g/mol. The standard InChI is InChI=1S/C22H14F2N2O2/c23-15-9-11-18(12-10-15)26-21(27)19(14-5-2-1-3-6-14)20(22(26)28)25-17-8-4-7-16(24)13-17/h1-13,25H. The molecule has 0 atom stereocenters. The zero-order valence-electron chi connectivity index (χ0n) is 14.5. The van der Waals surface area contributed by atoms with Gasteiger partial charge in [-0.2, -0.15) is 0 Å². The van der Waals surface area contributed by atoms with Crippen molar-refractivity contribution in [2.75, 3.05) is 10.2 Å². The highest BCUT2D eigenvalue weighted by Crippen LogP contribution is 2.33. The summed E-state index contributed by atoms with van der Waals surface area (Å²) in [4.78, 5) is 27.2. The topological polar surface area (TPSA) is 49.4 Å². The quantitative estimate of drug-likeness (QED) is 0.689. The second-order valence-electron chi connectivity index (χ2n) is 6.17. The number of hydrogen-bond donors (Lipinski definition) is 1. The van der Waals surface area contributed by atoms with Gasteiger partial charge in [-0.05, 0) is 48.0 Å². The highest BCUT2D eigenvalue weighted by atomic mass is 19.1. The largest absolute Gasteiger partial charge is 0.350 e. The lowest BCUT2D eigenvalue weighted by atomic mass is 10.0. The highest BCUT2D eigenvalue weighted by molar-refractivity contribution is 6.46. The highest BCUT2D eigenvalue weighted by Gasteiger charge is 2.40. The molecule has 6 heteroatoms. The lowest BCUT2D eigenvalue weighted by Crippen LogP contribution is -2.32. The van der Waals surface area contributed by atoms with Crippen LogP contribution in [0.4, 0.5) is 20.2 Å². The van der Waals surface area contributed by atoms with Crippen LogP contribution in [0.25, 0.3) is 5.57 Å². The molecule has 0 saturated carbocycles. The van der Waals surface area contributed by atoms with Crippen LogP contribution in [0.15, 0.2) is 84.6 Å². The number of anilines is 2. The molecule has 0 radical (unpaired) electrons. The normalized spacial score (nSPS) is 14.0. The molecule has 1 N–H and O–H groups in total. The van der Waals surface area contributed by atoms with Gasteiger partial charge in [-0.15, -0.1) is 0 Å². The maximum Gasteiger partial charge on any atom is 0.282 e. The van der Waals surface area contributed by atoms with Crippen LogP contribution in [-0.2, 0) is 9.59 Å². The number of imide groups is 1. The van der Waals surface area contributed by atoms with Gasteiger partial charge in [-0.25, -0.2) is 13.7 Å². The summed E-state index contributed by atoms with van der Waals surface area (Å²) >= 11 is 0. The van der Waals surface area contributed by atoms with E-state index in [-0.39, 0.29) is 17.0 Å². The molecule has 1 heterocycles. The molecular formula is C22H14F2N2O2. The van der Waals surface area contributed by atoms with Gasteiger partial charge in [0.1, 0.15) is 17.3 Å². The van der Waals surface area contributed by atoms with Gasteiger partial charge in [-0.3, -0.25) is 9.59 Å². The van der Waals surface area contributed by atoms with Crippen molar-refractivity contribution < 1.29 is 18.4 Å². The first-order valence-electron chi connectivity index (χ1n) is 8.51. The molecule has 0 bridgehead atoms. The van der Waals surface area contributed by atoms with Crippen LogP contribution in [0.2, 0.25) is 0 Å². The molecule has 3 aromatic rings. The molecule has 0 fully saturated rings. The Kier molecular flexibility index (Phi) is 4.45. The third-order valence-corrected chi connectivity index (χ3v) is 4.33. The molecule has 0 unspecified atom stereocenters. The first kappa shape index (κ1) is 17.6. The minimum atomic E-state index is -0.597. The van der Waals surface area contributed by atoms with Crippen molar-refractivity contribution in [3.63, 3.8) is 0 Å². The molecule has 4 nitrogen and oxygen atoms in total. The summed E-state index contributed by atoms with van der Waals surface area (Å²) in [5.41, 5.74) is 1.33. The number of amides is 2. The van der Waals surface area contributed by atoms with E-state index in [2.05, 4.69) is 5.32 Å². The number of carbonyl (C=O) groups excluding carboxylic acids is 2. The molecule has 0 spiro atoms. The van der Waals surface area contributed by atoms with E-state index in [1.807, 2.05) is 0 Å². The smallest absolute Gasteiger partial charge is 0.282 e. The molecule has 3 aromatic carbocycles. The predicted octanol–water partition coefficient (Wildman–Crippen LogP) is 4.36. The molecular weight excluding hydrogens is 362 g/mol. The second kappa shape index (κ2) is 7.08. The zero-order chi connectivity index (χ0) is 19.7. The molecule has 0 aromatic heterocycles. The van der Waals surface area contributed by atoms with Gasteiger partial charge in [0.15, 0.2) is 0 Å². The summed E-state index contributed by atoms with van der Waals surface area (Å²) in [5.74, 6) is -2.09. The van der Waals surface area contributed by atoms with Gasteiger partial charge in [-0.1, -0.05) is 36.4 Å². The summed E-state index contributed by atoms with van der Waals surface area (Å²) in [6.45, 7) is 0. The SMILES string of the molecule is O=C1C(Nc2cccc(F)c2)=C(c2ccccc2)C(=O)N1c1ccc(F)cc1. The van der Waals surface area contributed by atoms with E-state index in [4.69, 9.17) is 0 Å².